The molecule has 0 fully saturated rings. The molecule has 2 heterocycles. The summed E-state index contributed by atoms with van der Waals surface area (Å²) in [5, 5.41) is 9.66. The van der Waals surface area contributed by atoms with Gasteiger partial charge in [0.2, 0.25) is 0 Å². The van der Waals surface area contributed by atoms with Gasteiger partial charge in [0, 0.05) is 24.7 Å². The molecule has 0 radical (unpaired) electrons. The molecule has 0 amide bonds. The van der Waals surface area contributed by atoms with Crippen molar-refractivity contribution in [3.8, 4) is 5.00 Å². The van der Waals surface area contributed by atoms with Crippen LogP contribution in [0, 0.1) is 5.92 Å². The van der Waals surface area contributed by atoms with Crippen LogP contribution >= 0.6 is 11.3 Å². The molecule has 6 heteroatoms. The van der Waals surface area contributed by atoms with Crippen molar-refractivity contribution in [1.29, 1.82) is 0 Å². The van der Waals surface area contributed by atoms with Crippen molar-refractivity contribution in [3.05, 3.63) is 35.2 Å². The number of rotatable bonds is 6. The summed E-state index contributed by atoms with van der Waals surface area (Å²) in [6.45, 7) is 3.66. The van der Waals surface area contributed by atoms with Crippen molar-refractivity contribution in [2.45, 2.75) is 26.7 Å². The smallest absolute Gasteiger partial charge is 0.304 e. The Morgan fingerprint density at radius 3 is 2.85 bits per heavy atom. The molecule has 0 aliphatic carbocycles. The van der Waals surface area contributed by atoms with E-state index in [-0.39, 0.29) is 12.2 Å². The van der Waals surface area contributed by atoms with Crippen molar-refractivity contribution < 1.29 is 14.7 Å². The fraction of sp³-hybridized carbons (Fsp3) is 0.357. The van der Waals surface area contributed by atoms with Gasteiger partial charge >= 0.3 is 5.97 Å². The molecule has 2 aromatic heterocycles. The zero-order valence-corrected chi connectivity index (χ0v) is 12.2. The van der Waals surface area contributed by atoms with E-state index < -0.39 is 11.9 Å². The maximum absolute atomic E-state index is 12.1. The number of carboxylic acids is 1. The fourth-order valence-electron chi connectivity index (χ4n) is 1.98. The van der Waals surface area contributed by atoms with E-state index in [9.17, 15) is 9.59 Å². The average Bonchev–Trinajstić information content (AvgIpc) is 3.05. The van der Waals surface area contributed by atoms with Gasteiger partial charge < -0.3 is 5.11 Å². The van der Waals surface area contributed by atoms with Crippen LogP contribution in [-0.4, -0.2) is 26.4 Å². The molecule has 0 bridgehead atoms. The van der Waals surface area contributed by atoms with Crippen LogP contribution in [0.1, 0.15) is 35.8 Å². The number of aromatic nitrogens is 2. The lowest BCUT2D eigenvalue weighted by Gasteiger charge is -2.05. The molecule has 1 atom stereocenters. The van der Waals surface area contributed by atoms with Gasteiger partial charge in [-0.05, 0) is 12.1 Å². The minimum Gasteiger partial charge on any atom is -0.481 e. The summed E-state index contributed by atoms with van der Waals surface area (Å²) in [7, 11) is 0. The van der Waals surface area contributed by atoms with Crippen LogP contribution in [0.4, 0.5) is 0 Å². The van der Waals surface area contributed by atoms with E-state index >= 15 is 0 Å². The lowest BCUT2D eigenvalue weighted by Crippen LogP contribution is -2.14. The topological polar surface area (TPSA) is 72.2 Å². The van der Waals surface area contributed by atoms with E-state index in [0.717, 1.165) is 17.2 Å². The maximum atomic E-state index is 12.1. The minimum atomic E-state index is -0.953. The first-order valence-corrected chi connectivity index (χ1v) is 7.23. The molecule has 0 aromatic carbocycles. The van der Waals surface area contributed by atoms with Gasteiger partial charge in [-0.2, -0.15) is 0 Å². The van der Waals surface area contributed by atoms with Gasteiger partial charge in [0.25, 0.3) is 0 Å². The normalized spacial score (nSPS) is 12.3. The summed E-state index contributed by atoms with van der Waals surface area (Å²) in [5.41, 5.74) is 0. The molecule has 0 aliphatic rings. The second-order valence-electron chi connectivity index (χ2n) is 4.57. The van der Waals surface area contributed by atoms with E-state index in [1.165, 1.54) is 11.3 Å². The number of thiophene rings is 1. The number of carboxylic acid groups (broad SMARTS) is 1. The Bertz CT molecular complexity index is 630. The Hall–Kier alpha value is -1.95. The first-order chi connectivity index (χ1) is 9.52. The summed E-state index contributed by atoms with van der Waals surface area (Å²) in [4.78, 5) is 27.6. The zero-order valence-electron chi connectivity index (χ0n) is 11.4. The highest BCUT2D eigenvalue weighted by Crippen LogP contribution is 2.25. The van der Waals surface area contributed by atoms with Crippen LogP contribution < -0.4 is 0 Å². The van der Waals surface area contributed by atoms with Crippen molar-refractivity contribution in [1.82, 2.24) is 9.55 Å². The molecule has 0 spiro atoms. The van der Waals surface area contributed by atoms with Crippen LogP contribution in [-0.2, 0) is 11.2 Å². The van der Waals surface area contributed by atoms with Crippen molar-refractivity contribution in [3.63, 3.8) is 0 Å². The number of aliphatic carboxylic acids is 1. The third-order valence-electron chi connectivity index (χ3n) is 3.03. The van der Waals surface area contributed by atoms with Crippen LogP contribution in [0.3, 0.4) is 0 Å². The Morgan fingerprint density at radius 1 is 1.45 bits per heavy atom. The third kappa shape index (κ3) is 2.96. The molecule has 5 nitrogen and oxygen atoms in total. The summed E-state index contributed by atoms with van der Waals surface area (Å²) in [6, 6.07) is 3.62. The quantitative estimate of drug-likeness (QED) is 0.831. The van der Waals surface area contributed by atoms with E-state index in [0.29, 0.717) is 4.88 Å². The van der Waals surface area contributed by atoms with Crippen LogP contribution in [0.15, 0.2) is 24.5 Å². The highest BCUT2D eigenvalue weighted by molar-refractivity contribution is 7.16. The fourth-order valence-corrected chi connectivity index (χ4v) is 3.05. The van der Waals surface area contributed by atoms with Gasteiger partial charge in [-0.1, -0.05) is 13.8 Å². The lowest BCUT2D eigenvalue weighted by molar-refractivity contribution is -0.137. The molecule has 2 rings (SSSR count). The third-order valence-corrected chi connectivity index (χ3v) is 4.13. The van der Waals surface area contributed by atoms with Crippen molar-refractivity contribution in [2.75, 3.05) is 0 Å². The first-order valence-electron chi connectivity index (χ1n) is 6.41. The van der Waals surface area contributed by atoms with E-state index in [1.807, 2.05) is 23.8 Å². The standard InChI is InChI=1S/C14H16N2O3S/c1-3-11-15-6-7-16(11)12-5-4-10(20-12)14(19)9(2)8-13(17)18/h4-7,9H,3,8H2,1-2H3,(H,17,18). The van der Waals surface area contributed by atoms with Crippen molar-refractivity contribution >= 4 is 23.1 Å². The minimum absolute atomic E-state index is 0.123. The number of imidazole rings is 1. The molecular weight excluding hydrogens is 276 g/mol. The lowest BCUT2D eigenvalue weighted by atomic mass is 10.0. The molecule has 2 aromatic rings. The second kappa shape index (κ2) is 6.00. The molecule has 0 saturated heterocycles. The Morgan fingerprint density at radius 2 is 2.20 bits per heavy atom. The van der Waals surface area contributed by atoms with Gasteiger partial charge in [-0.3, -0.25) is 14.2 Å². The number of carbonyl (C=O) groups excluding carboxylic acids is 1. The number of nitrogens with zero attached hydrogens (tertiary/aromatic N) is 2. The summed E-state index contributed by atoms with van der Waals surface area (Å²) in [6.07, 6.45) is 4.26. The maximum Gasteiger partial charge on any atom is 0.304 e. The summed E-state index contributed by atoms with van der Waals surface area (Å²) >= 11 is 1.36. The Balaban J connectivity index is 2.21. The Labute approximate surface area is 120 Å². The average molecular weight is 292 g/mol. The number of hydrogen-bond acceptors (Lipinski definition) is 4. The van der Waals surface area contributed by atoms with Crippen LogP contribution in [0.25, 0.3) is 5.00 Å². The first kappa shape index (κ1) is 14.5. The largest absolute Gasteiger partial charge is 0.481 e. The Kier molecular flexibility index (Phi) is 4.34. The number of carbonyl (C=O) groups is 2. The highest BCUT2D eigenvalue weighted by Gasteiger charge is 2.20. The zero-order chi connectivity index (χ0) is 14.7. The van der Waals surface area contributed by atoms with Crippen molar-refractivity contribution in [2.24, 2.45) is 5.92 Å². The molecule has 0 saturated carbocycles. The number of ketones is 1. The van der Waals surface area contributed by atoms with E-state index in [4.69, 9.17) is 5.11 Å². The van der Waals surface area contributed by atoms with E-state index in [1.54, 1.807) is 19.2 Å². The molecule has 1 N–H and O–H groups in total. The van der Waals surface area contributed by atoms with Gasteiger partial charge in [0.15, 0.2) is 5.78 Å². The number of aryl methyl sites for hydroxylation is 1. The van der Waals surface area contributed by atoms with Gasteiger partial charge in [-0.15, -0.1) is 11.3 Å². The number of Topliss-reactive ketones (excluding diaryl/α,β-unsaturated/α-hetero) is 1. The van der Waals surface area contributed by atoms with E-state index in [2.05, 4.69) is 4.98 Å². The summed E-state index contributed by atoms with van der Waals surface area (Å²) in [5.74, 6) is -0.649. The molecule has 1 unspecified atom stereocenters. The molecule has 0 aliphatic heterocycles. The van der Waals surface area contributed by atoms with Gasteiger partial charge in [0.05, 0.1) is 11.3 Å². The van der Waals surface area contributed by atoms with Crippen LogP contribution in [0.2, 0.25) is 0 Å². The van der Waals surface area contributed by atoms with Gasteiger partial charge in [0.1, 0.15) is 10.8 Å². The SMILES string of the molecule is CCc1nccn1-c1ccc(C(=O)C(C)CC(=O)O)s1. The predicted molar refractivity (Wildman–Crippen MR) is 76.6 cm³/mol. The monoisotopic (exact) mass is 292 g/mol. The van der Waals surface area contributed by atoms with Gasteiger partial charge in [-0.25, -0.2) is 4.98 Å². The molecular formula is C14H16N2O3S. The second-order valence-corrected chi connectivity index (χ2v) is 5.63. The summed E-state index contributed by atoms with van der Waals surface area (Å²) < 4.78 is 1.95. The number of hydrogen-bond donors (Lipinski definition) is 1. The molecule has 20 heavy (non-hydrogen) atoms. The molecule has 106 valence electrons. The predicted octanol–water partition coefficient (Wildman–Crippen LogP) is 2.79. The highest BCUT2D eigenvalue weighted by atomic mass is 32.1. The van der Waals surface area contributed by atoms with Crippen LogP contribution in [0.5, 0.6) is 0 Å².